The third-order valence-electron chi connectivity index (χ3n) is 1.54. The van der Waals surface area contributed by atoms with Gasteiger partial charge in [0.1, 0.15) is 5.78 Å². The summed E-state index contributed by atoms with van der Waals surface area (Å²) in [7, 11) is 0. The number of aliphatic carboxylic acids is 3. The number of ketones is 1. The monoisotopic (exact) mass is 406 g/mol. The van der Waals surface area contributed by atoms with Crippen LogP contribution in [-0.4, -0.2) is 59.0 Å². The van der Waals surface area contributed by atoms with Crippen LogP contribution in [0.2, 0.25) is 0 Å². The normalized spacial score (nSPS) is 9.30. The first-order chi connectivity index (χ1) is 11.4. The van der Waals surface area contributed by atoms with Crippen LogP contribution in [0.25, 0.3) is 0 Å². The number of Topliss-reactive ketones (excluding diaryl/α,β-unsaturated/α-hetero) is 1. The molecule has 0 aromatic carbocycles. The number of hydrogen-bond acceptors (Lipinski definition) is 9. The molecule has 0 atom stereocenters. The van der Waals surface area contributed by atoms with Gasteiger partial charge in [-0.15, -0.1) is 0 Å². The van der Waals surface area contributed by atoms with Crippen molar-refractivity contribution in [2.75, 3.05) is 0 Å². The van der Waals surface area contributed by atoms with E-state index in [1.807, 2.05) is 34.6 Å². The Balaban J connectivity index is -0.000000102. The molecule has 27 heavy (non-hydrogen) atoms. The Hall–Kier alpha value is -1.47. The minimum atomic E-state index is -1.08. The number of carbonyl (C=O) groups is 4. The van der Waals surface area contributed by atoms with E-state index in [0.29, 0.717) is 6.42 Å². The van der Waals surface area contributed by atoms with Gasteiger partial charge in [0.05, 0.1) is 18.6 Å². The predicted octanol–water partition coefficient (Wildman–Crippen LogP) is -1.58. The number of hydrogen-bond donors (Lipinski definition) is 0. The summed E-state index contributed by atoms with van der Waals surface area (Å²) in [5.74, 6) is -3.96. The van der Waals surface area contributed by atoms with E-state index >= 15 is 0 Å². The van der Waals surface area contributed by atoms with E-state index in [1.54, 1.807) is 6.92 Å². The third-order valence-corrected chi connectivity index (χ3v) is 1.54. The maximum atomic E-state index is 11.1. The van der Waals surface area contributed by atoms with Crippen molar-refractivity contribution in [1.29, 1.82) is 0 Å². The number of carboxylic acid groups (broad SMARTS) is 3. The molecule has 0 N–H and O–H groups in total. The molecule has 0 saturated heterocycles. The minimum absolute atomic E-state index is 0. The number of carbonyl (C=O) groups excluding carboxylic acids is 4. The quantitative estimate of drug-likeness (QED) is 0.375. The fraction of sp³-hybridized carbons (Fsp3) is 0.765. The molecule has 0 fully saturated rings. The standard InChI is InChI=1S/C11H22O3.3C2H4O2.Al/c1-8(2)13-11(6,7-10(5)12)14-9(3)4;3*1-2(3)4;/h8-9H,7H2,1-6H3;3*1H3,(H,3,4);/q;;;;+3/p-3. The Kier molecular flexibility index (Phi) is 28.1. The van der Waals surface area contributed by atoms with Crippen molar-refractivity contribution < 1.29 is 44.0 Å². The Morgan fingerprint density at radius 1 is 0.741 bits per heavy atom. The topological polar surface area (TPSA) is 156 Å². The summed E-state index contributed by atoms with van der Waals surface area (Å²) in [5.41, 5.74) is 0. The van der Waals surface area contributed by atoms with Crippen LogP contribution in [0.4, 0.5) is 0 Å². The maximum Gasteiger partial charge on any atom is 3.00 e. The second-order valence-corrected chi connectivity index (χ2v) is 5.82. The molecule has 0 heterocycles. The average Bonchev–Trinajstić information content (AvgIpc) is 2.20. The summed E-state index contributed by atoms with van der Waals surface area (Å²) >= 11 is 0. The Morgan fingerprint density at radius 2 is 0.926 bits per heavy atom. The Morgan fingerprint density at radius 3 is 1.04 bits per heavy atom. The van der Waals surface area contributed by atoms with Crippen LogP contribution in [0.3, 0.4) is 0 Å². The van der Waals surface area contributed by atoms with Crippen molar-refractivity contribution in [1.82, 2.24) is 0 Å². The van der Waals surface area contributed by atoms with Gasteiger partial charge in [-0.2, -0.15) is 0 Å². The zero-order chi connectivity index (χ0) is 22.1. The van der Waals surface area contributed by atoms with Gasteiger partial charge in [-0.1, -0.05) is 0 Å². The zero-order valence-corrected chi connectivity index (χ0v) is 18.8. The van der Waals surface area contributed by atoms with E-state index in [9.17, 15) is 4.79 Å². The largest absolute Gasteiger partial charge is 3.00 e. The molecule has 0 amide bonds. The zero-order valence-electron chi connectivity index (χ0n) is 17.6. The smallest absolute Gasteiger partial charge is 0.550 e. The van der Waals surface area contributed by atoms with Crippen LogP contribution in [0, 0.1) is 0 Å². The van der Waals surface area contributed by atoms with Gasteiger partial charge in [0, 0.05) is 17.9 Å². The van der Waals surface area contributed by atoms with Crippen LogP contribution >= 0.6 is 0 Å². The maximum absolute atomic E-state index is 11.1. The van der Waals surface area contributed by atoms with Gasteiger partial charge in [0.25, 0.3) is 0 Å². The van der Waals surface area contributed by atoms with E-state index in [1.165, 1.54) is 0 Å². The fourth-order valence-corrected chi connectivity index (χ4v) is 1.56. The van der Waals surface area contributed by atoms with E-state index in [4.69, 9.17) is 39.2 Å². The van der Waals surface area contributed by atoms with Crippen LogP contribution in [0.1, 0.15) is 68.7 Å². The molecular weight excluding hydrogens is 375 g/mol. The molecule has 0 radical (unpaired) electrons. The molecule has 0 bridgehead atoms. The SMILES string of the molecule is CC(=O)CC(C)(OC(C)C)OC(C)C.CC(=O)[O-].CC(=O)[O-].CC(=O)[O-].[Al+3]. The molecule has 0 aliphatic carbocycles. The summed E-state index contributed by atoms with van der Waals surface area (Å²) in [6.07, 6.45) is 0.403. The first-order valence-electron chi connectivity index (χ1n) is 7.83. The number of rotatable bonds is 6. The van der Waals surface area contributed by atoms with Gasteiger partial charge in [-0.05, 0) is 62.3 Å². The van der Waals surface area contributed by atoms with Crippen molar-refractivity contribution >= 4 is 41.1 Å². The van der Waals surface area contributed by atoms with E-state index in [0.717, 1.165) is 20.8 Å². The molecule has 0 unspecified atom stereocenters. The second kappa shape index (κ2) is 20.8. The molecular formula is C17H31AlO9. The number of ether oxygens (including phenoxy) is 2. The van der Waals surface area contributed by atoms with Gasteiger partial charge < -0.3 is 39.2 Å². The summed E-state index contributed by atoms with van der Waals surface area (Å²) in [4.78, 5) is 37.7. The summed E-state index contributed by atoms with van der Waals surface area (Å²) in [6, 6.07) is 0. The van der Waals surface area contributed by atoms with Crippen LogP contribution in [0.15, 0.2) is 0 Å². The summed E-state index contributed by atoms with van der Waals surface area (Å²) in [6.45, 7) is 14.0. The van der Waals surface area contributed by atoms with Crippen molar-refractivity contribution in [3.8, 4) is 0 Å². The molecule has 0 aromatic heterocycles. The Labute approximate surface area is 172 Å². The molecule has 0 aliphatic heterocycles. The van der Waals surface area contributed by atoms with Crippen LogP contribution in [-0.2, 0) is 28.7 Å². The molecule has 0 spiro atoms. The van der Waals surface area contributed by atoms with Gasteiger partial charge in [-0.3, -0.25) is 4.79 Å². The van der Waals surface area contributed by atoms with Gasteiger partial charge in [0.15, 0.2) is 5.79 Å². The van der Waals surface area contributed by atoms with Crippen molar-refractivity contribution in [2.45, 2.75) is 86.7 Å². The van der Waals surface area contributed by atoms with Gasteiger partial charge in [0.2, 0.25) is 0 Å². The molecule has 0 rings (SSSR count). The molecule has 0 aromatic rings. The van der Waals surface area contributed by atoms with Gasteiger partial charge >= 0.3 is 17.4 Å². The fourth-order valence-electron chi connectivity index (χ4n) is 1.56. The molecule has 156 valence electrons. The van der Waals surface area contributed by atoms with Crippen molar-refractivity contribution in [2.24, 2.45) is 0 Å². The molecule has 10 heteroatoms. The molecule has 9 nitrogen and oxygen atoms in total. The van der Waals surface area contributed by atoms with Gasteiger partial charge in [-0.25, -0.2) is 0 Å². The average molecular weight is 406 g/mol. The Bertz CT molecular complexity index is 370. The first kappa shape index (κ1) is 36.4. The van der Waals surface area contributed by atoms with Crippen molar-refractivity contribution in [3.05, 3.63) is 0 Å². The van der Waals surface area contributed by atoms with E-state index in [2.05, 4.69) is 0 Å². The van der Waals surface area contributed by atoms with E-state index < -0.39 is 23.7 Å². The van der Waals surface area contributed by atoms with E-state index in [-0.39, 0.29) is 35.4 Å². The van der Waals surface area contributed by atoms with Crippen LogP contribution < -0.4 is 15.3 Å². The molecule has 0 saturated carbocycles. The minimum Gasteiger partial charge on any atom is -0.550 e. The predicted molar refractivity (Wildman–Crippen MR) is 93.9 cm³/mol. The van der Waals surface area contributed by atoms with Crippen molar-refractivity contribution in [3.63, 3.8) is 0 Å². The molecule has 0 aliphatic rings. The summed E-state index contributed by atoms with van der Waals surface area (Å²) < 4.78 is 11.2. The second-order valence-electron chi connectivity index (χ2n) is 5.82. The number of carboxylic acids is 3. The first-order valence-corrected chi connectivity index (χ1v) is 7.83. The third kappa shape index (κ3) is 68.0. The van der Waals surface area contributed by atoms with Crippen LogP contribution in [0.5, 0.6) is 0 Å². The summed E-state index contributed by atoms with van der Waals surface area (Å²) in [5, 5.41) is 26.7.